The number of hydrogen-bond acceptors (Lipinski definition) is 2. The lowest BCUT2D eigenvalue weighted by atomic mass is 9.90. The number of nitrogens with two attached hydrogens (primary N) is 1. The van der Waals surface area contributed by atoms with Gasteiger partial charge in [-0.05, 0) is 50.7 Å². The van der Waals surface area contributed by atoms with Crippen LogP contribution in [-0.2, 0) is 6.42 Å². The average molecular weight is 246 g/mol. The van der Waals surface area contributed by atoms with Gasteiger partial charge in [0.05, 0.1) is 0 Å². The summed E-state index contributed by atoms with van der Waals surface area (Å²) < 4.78 is 0. The Morgan fingerprint density at radius 1 is 1.33 bits per heavy atom. The minimum absolute atomic E-state index is 0.405. The summed E-state index contributed by atoms with van der Waals surface area (Å²) >= 11 is 0. The molecular formula is C16H26N2. The van der Waals surface area contributed by atoms with Crippen LogP contribution in [0.25, 0.3) is 0 Å². The lowest BCUT2D eigenvalue weighted by Gasteiger charge is -2.30. The summed E-state index contributed by atoms with van der Waals surface area (Å²) in [5, 5.41) is 3.74. The van der Waals surface area contributed by atoms with Crippen molar-refractivity contribution in [2.24, 2.45) is 5.73 Å². The van der Waals surface area contributed by atoms with Crippen LogP contribution in [0, 0.1) is 6.92 Å². The van der Waals surface area contributed by atoms with E-state index >= 15 is 0 Å². The Balaban J connectivity index is 1.85. The quantitative estimate of drug-likeness (QED) is 0.857. The highest BCUT2D eigenvalue weighted by molar-refractivity contribution is 5.26. The van der Waals surface area contributed by atoms with Crippen molar-refractivity contribution in [2.45, 2.75) is 64.1 Å². The molecule has 0 aliphatic heterocycles. The zero-order valence-electron chi connectivity index (χ0n) is 11.7. The fraction of sp³-hybridized carbons (Fsp3) is 0.625. The molecule has 100 valence electrons. The second-order valence-electron chi connectivity index (χ2n) is 5.82. The predicted octanol–water partition coefficient (Wildman–Crippen LogP) is 2.79. The molecule has 0 amide bonds. The van der Waals surface area contributed by atoms with Crippen molar-refractivity contribution in [1.82, 2.24) is 5.32 Å². The van der Waals surface area contributed by atoms with Gasteiger partial charge in [-0.1, -0.05) is 30.7 Å². The zero-order chi connectivity index (χ0) is 13.0. The fourth-order valence-electron chi connectivity index (χ4n) is 3.01. The smallest absolute Gasteiger partial charge is 0.00844 e. The molecule has 2 nitrogen and oxygen atoms in total. The summed E-state index contributed by atoms with van der Waals surface area (Å²) in [6, 6.07) is 10.2. The molecule has 0 spiro atoms. The first kappa shape index (κ1) is 13.6. The molecule has 0 heterocycles. The molecule has 0 bridgehead atoms. The molecule has 3 atom stereocenters. The van der Waals surface area contributed by atoms with Crippen molar-refractivity contribution in [3.63, 3.8) is 0 Å². The van der Waals surface area contributed by atoms with E-state index in [0.29, 0.717) is 18.1 Å². The molecular weight excluding hydrogens is 220 g/mol. The van der Waals surface area contributed by atoms with Crippen molar-refractivity contribution in [2.75, 3.05) is 0 Å². The highest BCUT2D eigenvalue weighted by Crippen LogP contribution is 2.18. The van der Waals surface area contributed by atoms with Gasteiger partial charge in [-0.15, -0.1) is 0 Å². The molecule has 1 aromatic rings. The number of aryl methyl sites for hydroxylation is 1. The Morgan fingerprint density at radius 3 is 2.83 bits per heavy atom. The fourth-order valence-corrected chi connectivity index (χ4v) is 3.01. The van der Waals surface area contributed by atoms with E-state index < -0.39 is 0 Å². The van der Waals surface area contributed by atoms with E-state index in [0.717, 1.165) is 12.8 Å². The van der Waals surface area contributed by atoms with Crippen LogP contribution in [0.2, 0.25) is 0 Å². The maximum absolute atomic E-state index is 6.04. The second-order valence-corrected chi connectivity index (χ2v) is 5.82. The van der Waals surface area contributed by atoms with Gasteiger partial charge < -0.3 is 11.1 Å². The maximum atomic E-state index is 6.04. The summed E-state index contributed by atoms with van der Waals surface area (Å²) in [7, 11) is 0. The van der Waals surface area contributed by atoms with E-state index in [2.05, 4.69) is 43.4 Å². The van der Waals surface area contributed by atoms with Gasteiger partial charge in [0.25, 0.3) is 0 Å². The molecule has 1 fully saturated rings. The molecule has 0 saturated heterocycles. The van der Waals surface area contributed by atoms with Crippen LogP contribution in [-0.4, -0.2) is 18.1 Å². The lowest BCUT2D eigenvalue weighted by molar-refractivity contribution is 0.316. The number of hydrogen-bond donors (Lipinski definition) is 2. The molecule has 2 heteroatoms. The van der Waals surface area contributed by atoms with E-state index in [9.17, 15) is 0 Å². The third kappa shape index (κ3) is 3.82. The van der Waals surface area contributed by atoms with Gasteiger partial charge in [-0.25, -0.2) is 0 Å². The van der Waals surface area contributed by atoms with Crippen LogP contribution < -0.4 is 11.1 Å². The van der Waals surface area contributed by atoms with Crippen molar-refractivity contribution >= 4 is 0 Å². The molecule has 1 aliphatic rings. The summed E-state index contributed by atoms with van der Waals surface area (Å²) in [6.07, 6.45) is 6.00. The van der Waals surface area contributed by atoms with Crippen molar-refractivity contribution in [3.8, 4) is 0 Å². The Bertz CT molecular complexity index is 375. The molecule has 1 aromatic carbocycles. The van der Waals surface area contributed by atoms with Gasteiger partial charge in [0, 0.05) is 18.1 Å². The van der Waals surface area contributed by atoms with Crippen LogP contribution in [0.3, 0.4) is 0 Å². The van der Waals surface area contributed by atoms with Crippen molar-refractivity contribution in [3.05, 3.63) is 35.4 Å². The van der Waals surface area contributed by atoms with Crippen LogP contribution >= 0.6 is 0 Å². The second kappa shape index (κ2) is 6.35. The molecule has 18 heavy (non-hydrogen) atoms. The molecule has 2 rings (SSSR count). The highest BCUT2D eigenvalue weighted by Gasteiger charge is 2.20. The molecule has 1 aliphatic carbocycles. The average Bonchev–Trinajstić information content (AvgIpc) is 2.32. The lowest BCUT2D eigenvalue weighted by Crippen LogP contribution is -2.43. The Hall–Kier alpha value is -0.860. The standard InChI is InChI=1S/C16H26N2/c1-12-6-3-4-7-14(12)10-13(2)18-16-9-5-8-15(17)11-16/h3-4,6-7,13,15-16,18H,5,8-11,17H2,1-2H3. The van der Waals surface area contributed by atoms with Gasteiger partial charge >= 0.3 is 0 Å². The number of nitrogens with one attached hydrogen (secondary N) is 1. The molecule has 0 radical (unpaired) electrons. The first-order valence-corrected chi connectivity index (χ1v) is 7.21. The van der Waals surface area contributed by atoms with E-state index in [1.54, 1.807) is 0 Å². The van der Waals surface area contributed by atoms with E-state index in [-0.39, 0.29) is 0 Å². The summed E-state index contributed by atoms with van der Waals surface area (Å²) in [5.41, 5.74) is 8.89. The molecule has 0 aromatic heterocycles. The van der Waals surface area contributed by atoms with Crippen molar-refractivity contribution in [1.29, 1.82) is 0 Å². The molecule has 1 saturated carbocycles. The van der Waals surface area contributed by atoms with Gasteiger partial charge in [0.1, 0.15) is 0 Å². The van der Waals surface area contributed by atoms with E-state index in [1.807, 2.05) is 0 Å². The van der Waals surface area contributed by atoms with Crippen LogP contribution in [0.15, 0.2) is 24.3 Å². The first-order valence-electron chi connectivity index (χ1n) is 7.21. The Morgan fingerprint density at radius 2 is 2.11 bits per heavy atom. The van der Waals surface area contributed by atoms with E-state index in [4.69, 9.17) is 5.73 Å². The van der Waals surface area contributed by atoms with Crippen LogP contribution in [0.5, 0.6) is 0 Å². The SMILES string of the molecule is Cc1ccccc1CC(C)NC1CCCC(N)C1. The van der Waals surface area contributed by atoms with E-state index in [1.165, 1.54) is 30.4 Å². The Labute approximate surface area is 111 Å². The normalized spacial score (nSPS) is 25.9. The monoisotopic (exact) mass is 246 g/mol. The molecule has 3 unspecified atom stereocenters. The predicted molar refractivity (Wildman–Crippen MR) is 77.7 cm³/mol. The minimum atomic E-state index is 0.405. The highest BCUT2D eigenvalue weighted by atomic mass is 15.0. The van der Waals surface area contributed by atoms with Crippen molar-refractivity contribution < 1.29 is 0 Å². The van der Waals surface area contributed by atoms with Gasteiger partial charge in [0.15, 0.2) is 0 Å². The van der Waals surface area contributed by atoms with Crippen LogP contribution in [0.1, 0.15) is 43.7 Å². The summed E-state index contributed by atoms with van der Waals surface area (Å²) in [6.45, 7) is 4.48. The van der Waals surface area contributed by atoms with Gasteiger partial charge in [-0.2, -0.15) is 0 Å². The maximum Gasteiger partial charge on any atom is 0.00844 e. The molecule has 3 N–H and O–H groups in total. The topological polar surface area (TPSA) is 38.0 Å². The summed E-state index contributed by atoms with van der Waals surface area (Å²) in [4.78, 5) is 0. The van der Waals surface area contributed by atoms with Gasteiger partial charge in [0.2, 0.25) is 0 Å². The Kier molecular flexibility index (Phi) is 4.79. The number of rotatable bonds is 4. The minimum Gasteiger partial charge on any atom is -0.328 e. The largest absolute Gasteiger partial charge is 0.328 e. The first-order chi connectivity index (χ1) is 8.65. The summed E-state index contributed by atoms with van der Waals surface area (Å²) in [5.74, 6) is 0. The van der Waals surface area contributed by atoms with Gasteiger partial charge in [-0.3, -0.25) is 0 Å². The zero-order valence-corrected chi connectivity index (χ0v) is 11.7. The third-order valence-corrected chi connectivity index (χ3v) is 4.02. The van der Waals surface area contributed by atoms with Crippen LogP contribution in [0.4, 0.5) is 0 Å². The number of benzene rings is 1. The third-order valence-electron chi connectivity index (χ3n) is 4.02.